The molecule has 3 rings (SSSR count). The van der Waals surface area contributed by atoms with Crippen LogP contribution in [-0.2, 0) is 4.79 Å². The first-order valence-electron chi connectivity index (χ1n) is 9.61. The number of hydrogen-bond donors (Lipinski definition) is 3. The Kier molecular flexibility index (Phi) is 6.27. The van der Waals surface area contributed by atoms with Gasteiger partial charge in [-0.3, -0.25) is 14.9 Å². The van der Waals surface area contributed by atoms with Crippen molar-refractivity contribution in [3.63, 3.8) is 0 Å². The molecule has 4 unspecified atom stereocenters. The standard InChI is InChI=1S/C20H28ClN3O3/c1-11-8-13-6-4-5-7-16(13)23-19(11)24-20(26)14-9-15(21)17(22-12(2)25)10-18(14)27-3/h9-11,13,16,19,23H,4-8H2,1-3H3,(H,22,25)(H,24,26). The molecule has 2 aliphatic rings. The van der Waals surface area contributed by atoms with Crippen LogP contribution in [0.25, 0.3) is 0 Å². The highest BCUT2D eigenvalue weighted by molar-refractivity contribution is 6.34. The van der Waals surface area contributed by atoms with Crippen LogP contribution in [0.15, 0.2) is 12.1 Å². The minimum atomic E-state index is -0.238. The first-order chi connectivity index (χ1) is 12.9. The van der Waals surface area contributed by atoms with Crippen molar-refractivity contribution in [2.45, 2.75) is 58.2 Å². The van der Waals surface area contributed by atoms with E-state index in [4.69, 9.17) is 16.3 Å². The lowest BCUT2D eigenvalue weighted by atomic mass is 9.75. The molecule has 148 valence electrons. The van der Waals surface area contributed by atoms with Crippen LogP contribution in [0.5, 0.6) is 5.75 Å². The van der Waals surface area contributed by atoms with Crippen molar-refractivity contribution in [2.75, 3.05) is 12.4 Å². The van der Waals surface area contributed by atoms with E-state index in [0.717, 1.165) is 6.42 Å². The minimum Gasteiger partial charge on any atom is -0.496 e. The SMILES string of the molecule is COc1cc(NC(C)=O)c(Cl)cc1C(=O)NC1NC2CCCCC2CC1C. The summed E-state index contributed by atoms with van der Waals surface area (Å²) in [5, 5.41) is 9.67. The average molecular weight is 394 g/mol. The summed E-state index contributed by atoms with van der Waals surface area (Å²) in [6.45, 7) is 3.57. The molecule has 1 aromatic carbocycles. The normalized spacial score (nSPS) is 27.4. The first-order valence-corrected chi connectivity index (χ1v) is 9.99. The number of amides is 2. The summed E-state index contributed by atoms with van der Waals surface area (Å²) in [6.07, 6.45) is 6.05. The molecule has 2 amide bonds. The summed E-state index contributed by atoms with van der Waals surface area (Å²) in [4.78, 5) is 24.2. The van der Waals surface area contributed by atoms with E-state index in [-0.39, 0.29) is 18.0 Å². The molecule has 1 heterocycles. The Morgan fingerprint density at radius 1 is 1.26 bits per heavy atom. The van der Waals surface area contributed by atoms with E-state index >= 15 is 0 Å². The fourth-order valence-corrected chi connectivity index (χ4v) is 4.52. The van der Waals surface area contributed by atoms with Crippen LogP contribution in [0.3, 0.4) is 0 Å². The van der Waals surface area contributed by atoms with Crippen molar-refractivity contribution in [3.05, 3.63) is 22.7 Å². The van der Waals surface area contributed by atoms with Gasteiger partial charge in [0.1, 0.15) is 5.75 Å². The number of carbonyl (C=O) groups is 2. The maximum Gasteiger partial charge on any atom is 0.256 e. The molecule has 2 fully saturated rings. The molecule has 3 N–H and O–H groups in total. The van der Waals surface area contributed by atoms with Crippen LogP contribution < -0.4 is 20.7 Å². The molecule has 1 aromatic rings. The third-order valence-electron chi connectivity index (χ3n) is 5.68. The van der Waals surface area contributed by atoms with Gasteiger partial charge in [0.15, 0.2) is 0 Å². The lowest BCUT2D eigenvalue weighted by molar-refractivity contribution is -0.114. The summed E-state index contributed by atoms with van der Waals surface area (Å²) in [5.41, 5.74) is 0.781. The summed E-state index contributed by atoms with van der Waals surface area (Å²) in [5.74, 6) is 0.969. The number of fused-ring (bicyclic) bond motifs is 1. The molecule has 1 aliphatic heterocycles. The van der Waals surface area contributed by atoms with Crippen molar-refractivity contribution in [2.24, 2.45) is 11.8 Å². The van der Waals surface area contributed by atoms with Gasteiger partial charge in [-0.15, -0.1) is 0 Å². The third-order valence-corrected chi connectivity index (χ3v) is 5.99. The molecule has 0 radical (unpaired) electrons. The van der Waals surface area contributed by atoms with Crippen molar-refractivity contribution in [3.8, 4) is 5.75 Å². The topological polar surface area (TPSA) is 79.5 Å². The second-order valence-corrected chi connectivity index (χ2v) is 8.10. The van der Waals surface area contributed by atoms with Gasteiger partial charge in [0.25, 0.3) is 5.91 Å². The second-order valence-electron chi connectivity index (χ2n) is 7.70. The quantitative estimate of drug-likeness (QED) is 0.730. The zero-order chi connectivity index (χ0) is 19.6. The second kappa shape index (κ2) is 8.48. The van der Waals surface area contributed by atoms with E-state index in [1.54, 1.807) is 6.07 Å². The van der Waals surface area contributed by atoms with Gasteiger partial charge in [0.2, 0.25) is 5.91 Å². The molecule has 0 bridgehead atoms. The van der Waals surface area contributed by atoms with E-state index in [1.807, 2.05) is 0 Å². The van der Waals surface area contributed by atoms with Crippen LogP contribution in [0, 0.1) is 11.8 Å². The van der Waals surface area contributed by atoms with Gasteiger partial charge in [-0.2, -0.15) is 0 Å². The molecule has 0 spiro atoms. The van der Waals surface area contributed by atoms with Crippen molar-refractivity contribution < 1.29 is 14.3 Å². The largest absolute Gasteiger partial charge is 0.496 e. The van der Waals surface area contributed by atoms with Crippen molar-refractivity contribution in [1.29, 1.82) is 0 Å². The average Bonchev–Trinajstić information content (AvgIpc) is 2.63. The van der Waals surface area contributed by atoms with Crippen LogP contribution in [0.4, 0.5) is 5.69 Å². The molecule has 1 aliphatic carbocycles. The van der Waals surface area contributed by atoms with Gasteiger partial charge in [-0.25, -0.2) is 0 Å². The van der Waals surface area contributed by atoms with Gasteiger partial charge in [-0.1, -0.05) is 31.4 Å². The molecule has 27 heavy (non-hydrogen) atoms. The van der Waals surface area contributed by atoms with Gasteiger partial charge in [0.05, 0.1) is 29.5 Å². The molecule has 7 heteroatoms. The Morgan fingerprint density at radius 2 is 2.00 bits per heavy atom. The van der Waals surface area contributed by atoms with Crippen molar-refractivity contribution >= 4 is 29.1 Å². The summed E-state index contributed by atoms with van der Waals surface area (Å²) in [7, 11) is 1.49. The zero-order valence-corrected chi connectivity index (χ0v) is 16.9. The highest BCUT2D eigenvalue weighted by Gasteiger charge is 2.36. The van der Waals surface area contributed by atoms with Gasteiger partial charge in [0, 0.05) is 19.0 Å². The first kappa shape index (κ1) is 20.0. The number of rotatable bonds is 4. The summed E-state index contributed by atoms with van der Waals surface area (Å²) in [6, 6.07) is 3.60. The number of halogens is 1. The van der Waals surface area contributed by atoms with Gasteiger partial charge < -0.3 is 15.4 Å². The zero-order valence-electron chi connectivity index (χ0n) is 16.1. The smallest absolute Gasteiger partial charge is 0.256 e. The number of hydrogen-bond acceptors (Lipinski definition) is 4. The summed E-state index contributed by atoms with van der Waals surface area (Å²) >= 11 is 6.24. The highest BCUT2D eigenvalue weighted by Crippen LogP contribution is 2.35. The van der Waals surface area contributed by atoms with E-state index in [2.05, 4.69) is 22.9 Å². The Balaban J connectivity index is 1.75. The molecule has 4 atom stereocenters. The predicted molar refractivity (Wildman–Crippen MR) is 106 cm³/mol. The van der Waals surface area contributed by atoms with Crippen LogP contribution >= 0.6 is 11.6 Å². The fourth-order valence-electron chi connectivity index (χ4n) is 4.31. The fraction of sp³-hybridized carbons (Fsp3) is 0.600. The van der Waals surface area contributed by atoms with Crippen LogP contribution in [-0.4, -0.2) is 31.1 Å². The van der Waals surface area contributed by atoms with Crippen LogP contribution in [0.1, 0.15) is 56.3 Å². The minimum absolute atomic E-state index is 0.0737. The Hall–Kier alpha value is -1.79. The number of carbonyl (C=O) groups excluding carboxylic acids is 2. The lowest BCUT2D eigenvalue weighted by Crippen LogP contribution is -2.59. The Bertz CT molecular complexity index is 725. The summed E-state index contributed by atoms with van der Waals surface area (Å²) < 4.78 is 5.35. The predicted octanol–water partition coefficient (Wildman–Crippen LogP) is 3.55. The number of piperidine rings is 1. The van der Waals surface area contributed by atoms with E-state index in [1.165, 1.54) is 45.8 Å². The van der Waals surface area contributed by atoms with Crippen LogP contribution in [0.2, 0.25) is 5.02 Å². The molecule has 1 saturated carbocycles. The maximum atomic E-state index is 12.9. The van der Waals surface area contributed by atoms with Gasteiger partial charge in [-0.05, 0) is 37.2 Å². The number of ether oxygens (including phenoxy) is 1. The number of benzene rings is 1. The van der Waals surface area contributed by atoms with E-state index < -0.39 is 0 Å². The molecular weight excluding hydrogens is 366 g/mol. The highest BCUT2D eigenvalue weighted by atomic mass is 35.5. The molecule has 6 nitrogen and oxygen atoms in total. The maximum absolute atomic E-state index is 12.9. The van der Waals surface area contributed by atoms with Gasteiger partial charge >= 0.3 is 0 Å². The number of nitrogens with one attached hydrogen (secondary N) is 3. The lowest BCUT2D eigenvalue weighted by Gasteiger charge is -2.44. The molecule has 0 aromatic heterocycles. The Labute approximate surface area is 165 Å². The number of anilines is 1. The monoisotopic (exact) mass is 393 g/mol. The van der Waals surface area contributed by atoms with Crippen molar-refractivity contribution in [1.82, 2.24) is 10.6 Å². The third kappa shape index (κ3) is 4.55. The Morgan fingerprint density at radius 3 is 2.70 bits per heavy atom. The van der Waals surface area contributed by atoms with E-state index in [0.29, 0.717) is 39.9 Å². The van der Waals surface area contributed by atoms with E-state index in [9.17, 15) is 9.59 Å². The molecule has 1 saturated heterocycles. The number of methoxy groups -OCH3 is 1. The molecular formula is C20H28ClN3O3.